The minimum Gasteiger partial charge on any atom is -0.326 e. The van der Waals surface area contributed by atoms with Gasteiger partial charge in [0.1, 0.15) is 0 Å². The number of fused-ring (bicyclic) bond motifs is 8. The first-order valence-corrected chi connectivity index (χ1v) is 17.9. The average molecular weight is 623 g/mol. The highest BCUT2D eigenvalue weighted by Gasteiger charge is 2.47. The topological polar surface area (TPSA) is 89.8 Å². The molecule has 2 aromatic rings. The van der Waals surface area contributed by atoms with Gasteiger partial charge in [0.05, 0.1) is 11.1 Å². The van der Waals surface area contributed by atoms with E-state index in [2.05, 4.69) is 84.7 Å². The molecule has 0 saturated carbocycles. The second kappa shape index (κ2) is 13.9. The summed E-state index contributed by atoms with van der Waals surface area (Å²) in [5, 5.41) is 7.99. The number of allylic oxidation sites excluding steroid dienone is 4. The molecule has 0 aromatic carbocycles. The maximum absolute atomic E-state index is 12.1. The van der Waals surface area contributed by atoms with Gasteiger partial charge in [0.2, 0.25) is 11.1 Å². The number of nitrogens with one attached hydrogen (secondary N) is 4. The summed E-state index contributed by atoms with van der Waals surface area (Å²) in [6.45, 7) is 10.8. The van der Waals surface area contributed by atoms with Gasteiger partial charge in [0.15, 0.2) is 0 Å². The van der Waals surface area contributed by atoms with E-state index in [-0.39, 0.29) is 22.2 Å². The van der Waals surface area contributed by atoms with Gasteiger partial charge in [-0.15, -0.1) is 0 Å². The summed E-state index contributed by atoms with van der Waals surface area (Å²) in [5.74, 6) is 0.725. The number of pyridine rings is 2. The van der Waals surface area contributed by atoms with Crippen LogP contribution in [0, 0.1) is 11.8 Å². The Morgan fingerprint density at radius 2 is 1.04 bits per heavy atom. The van der Waals surface area contributed by atoms with Crippen LogP contribution in [0.25, 0.3) is 0 Å². The molecule has 0 spiro atoms. The highest BCUT2D eigenvalue weighted by Crippen LogP contribution is 2.50. The SMILES string of the molecule is CC=C1[C@H]2C=C(C)C[C@]1(NCCCCCCCCCCN[C@@]13CC(C)=C[C@@H](Cc4[nH]c(=O)ccc41)C3=CC)c1ccc(=O)[nH]c1C2. The lowest BCUT2D eigenvalue weighted by Crippen LogP contribution is -2.52. The van der Waals surface area contributed by atoms with Crippen molar-refractivity contribution in [2.45, 2.75) is 116 Å². The molecule has 2 heterocycles. The van der Waals surface area contributed by atoms with Gasteiger partial charge >= 0.3 is 0 Å². The van der Waals surface area contributed by atoms with Gasteiger partial charge in [-0.3, -0.25) is 9.59 Å². The summed E-state index contributed by atoms with van der Waals surface area (Å²) >= 11 is 0. The lowest BCUT2D eigenvalue weighted by molar-refractivity contribution is 0.318. The third-order valence-electron chi connectivity index (χ3n) is 11.2. The van der Waals surface area contributed by atoms with E-state index < -0.39 is 0 Å². The van der Waals surface area contributed by atoms with E-state index in [1.165, 1.54) is 84.8 Å². The first-order chi connectivity index (χ1) is 22.3. The van der Waals surface area contributed by atoms with Crippen LogP contribution in [0.2, 0.25) is 0 Å². The van der Waals surface area contributed by atoms with Crippen molar-refractivity contribution in [1.29, 1.82) is 0 Å². The molecule has 6 heteroatoms. The van der Waals surface area contributed by atoms with Gasteiger partial charge in [-0.25, -0.2) is 0 Å². The molecule has 6 rings (SSSR count). The molecule has 6 nitrogen and oxygen atoms in total. The van der Waals surface area contributed by atoms with E-state index >= 15 is 0 Å². The number of hydrogen-bond acceptors (Lipinski definition) is 4. The van der Waals surface area contributed by atoms with Gasteiger partial charge in [0.25, 0.3) is 0 Å². The van der Waals surface area contributed by atoms with E-state index in [9.17, 15) is 9.59 Å². The summed E-state index contributed by atoms with van der Waals surface area (Å²) in [4.78, 5) is 30.5. The van der Waals surface area contributed by atoms with Crippen LogP contribution in [0.4, 0.5) is 0 Å². The van der Waals surface area contributed by atoms with E-state index in [0.29, 0.717) is 11.8 Å². The van der Waals surface area contributed by atoms with Crippen molar-refractivity contribution in [2.75, 3.05) is 13.1 Å². The molecule has 4 atom stereocenters. The van der Waals surface area contributed by atoms with Crippen molar-refractivity contribution in [2.24, 2.45) is 11.8 Å². The molecule has 0 saturated heterocycles. The summed E-state index contributed by atoms with van der Waals surface area (Å²) in [7, 11) is 0. The Bertz CT molecular complexity index is 1550. The molecule has 246 valence electrons. The van der Waals surface area contributed by atoms with Crippen LogP contribution in [-0.4, -0.2) is 23.1 Å². The maximum Gasteiger partial charge on any atom is 0.248 e. The minimum absolute atomic E-state index is 0.00104. The molecule has 0 aliphatic heterocycles. The highest BCUT2D eigenvalue weighted by atomic mass is 16.1. The number of rotatable bonds is 13. The fraction of sp³-hybridized carbons (Fsp3) is 0.550. The Kier molecular flexibility index (Phi) is 9.86. The van der Waals surface area contributed by atoms with Gasteiger partial charge in [0, 0.05) is 35.4 Å². The van der Waals surface area contributed by atoms with Gasteiger partial charge in [-0.2, -0.15) is 0 Å². The summed E-state index contributed by atoms with van der Waals surface area (Å²) in [6, 6.07) is 7.52. The fourth-order valence-electron chi connectivity index (χ4n) is 9.45. The summed E-state index contributed by atoms with van der Waals surface area (Å²) < 4.78 is 0. The normalized spacial score (nSPS) is 28.1. The monoisotopic (exact) mass is 622 g/mol. The number of aromatic amines is 2. The molecule has 46 heavy (non-hydrogen) atoms. The van der Waals surface area contributed by atoms with Crippen LogP contribution >= 0.6 is 0 Å². The second-order valence-electron chi connectivity index (χ2n) is 14.4. The smallest absolute Gasteiger partial charge is 0.248 e. The van der Waals surface area contributed by atoms with Crippen molar-refractivity contribution in [3.8, 4) is 0 Å². The molecular weight excluding hydrogens is 568 g/mol. The number of H-pyrrole nitrogens is 2. The molecule has 2 aromatic heterocycles. The quantitative estimate of drug-likeness (QED) is 0.139. The molecule has 0 fully saturated rings. The molecule has 0 amide bonds. The number of aromatic nitrogens is 2. The third-order valence-corrected chi connectivity index (χ3v) is 11.2. The summed E-state index contributed by atoms with van der Waals surface area (Å²) in [5.41, 5.74) is 10.1. The molecular formula is C40H54N4O2. The van der Waals surface area contributed by atoms with E-state index in [0.717, 1.165) is 50.2 Å². The van der Waals surface area contributed by atoms with Crippen LogP contribution in [0.15, 0.2) is 80.5 Å². The zero-order valence-corrected chi connectivity index (χ0v) is 28.5. The van der Waals surface area contributed by atoms with Crippen LogP contribution in [0.3, 0.4) is 0 Å². The Hall–Kier alpha value is -3.22. The van der Waals surface area contributed by atoms with E-state index in [4.69, 9.17) is 0 Å². The first kappa shape index (κ1) is 32.7. The largest absolute Gasteiger partial charge is 0.326 e. The Balaban J connectivity index is 0.931. The number of hydrogen-bond donors (Lipinski definition) is 4. The lowest BCUT2D eigenvalue weighted by atomic mass is 9.63. The van der Waals surface area contributed by atoms with Crippen molar-refractivity contribution < 1.29 is 0 Å². The molecule has 4 bridgehead atoms. The molecule has 4 aliphatic rings. The van der Waals surface area contributed by atoms with Crippen molar-refractivity contribution in [1.82, 2.24) is 20.6 Å². The van der Waals surface area contributed by atoms with Gasteiger partial charge in [-0.05, 0) is 114 Å². The second-order valence-corrected chi connectivity index (χ2v) is 14.4. The first-order valence-electron chi connectivity index (χ1n) is 17.9. The van der Waals surface area contributed by atoms with Crippen molar-refractivity contribution in [3.05, 3.63) is 114 Å². The molecule has 0 radical (unpaired) electrons. The zero-order chi connectivity index (χ0) is 32.3. The van der Waals surface area contributed by atoms with Crippen LogP contribution < -0.4 is 21.8 Å². The fourth-order valence-corrected chi connectivity index (χ4v) is 9.45. The van der Waals surface area contributed by atoms with Crippen LogP contribution in [0.5, 0.6) is 0 Å². The zero-order valence-electron chi connectivity index (χ0n) is 28.5. The Morgan fingerprint density at radius 1 is 0.652 bits per heavy atom. The molecule has 4 aliphatic carbocycles. The lowest BCUT2D eigenvalue weighted by Gasteiger charge is -2.48. The molecule has 0 unspecified atom stereocenters. The van der Waals surface area contributed by atoms with Crippen LogP contribution in [-0.2, 0) is 23.9 Å². The molecule has 4 N–H and O–H groups in total. The van der Waals surface area contributed by atoms with Crippen molar-refractivity contribution in [3.63, 3.8) is 0 Å². The predicted molar refractivity (Wildman–Crippen MR) is 189 cm³/mol. The highest BCUT2D eigenvalue weighted by molar-refractivity contribution is 5.50. The number of unbranched alkanes of at least 4 members (excludes halogenated alkanes) is 7. The average Bonchev–Trinajstić information content (AvgIpc) is 3.00. The summed E-state index contributed by atoms with van der Waals surface area (Å²) in [6.07, 6.45) is 23.1. The Labute approximate surface area is 275 Å². The Morgan fingerprint density at radius 3 is 1.43 bits per heavy atom. The van der Waals surface area contributed by atoms with E-state index in [1.807, 2.05) is 0 Å². The standard InChI is InChI=1S/C40H54N4O2/c1-5-31-29-21-27(3)25-39(31,33-15-17-37(45)43-35(33)23-29)41-19-13-11-9-7-8-10-12-14-20-42-40-26-28(4)22-30(32(40)6-2)24-36-34(40)16-18-38(46)44-36/h5-6,15-18,21-22,29-30,41-42H,7-14,19-20,23-26H2,1-4H3,(H,43,45)(H,44,46)/t29-,30-,39+,40+/m0/s1. The van der Waals surface area contributed by atoms with Crippen LogP contribution in [0.1, 0.15) is 114 Å². The minimum atomic E-state index is -0.193. The van der Waals surface area contributed by atoms with Crippen molar-refractivity contribution >= 4 is 0 Å². The van der Waals surface area contributed by atoms with Gasteiger partial charge < -0.3 is 20.6 Å². The van der Waals surface area contributed by atoms with E-state index in [1.54, 1.807) is 12.1 Å². The predicted octanol–water partition coefficient (Wildman–Crippen LogP) is 7.39. The van der Waals surface area contributed by atoms with Gasteiger partial charge in [-0.1, -0.05) is 74.0 Å². The maximum atomic E-state index is 12.1. The third kappa shape index (κ3) is 6.23.